The Kier molecular flexibility index (Phi) is 2.01. The molecule has 0 amide bonds. The Balaban J connectivity index is 2.20. The van der Waals surface area contributed by atoms with Crippen LogP contribution < -0.4 is 10.5 Å². The number of methoxy groups -OCH3 is 1. The first kappa shape index (κ1) is 10.0. The van der Waals surface area contributed by atoms with Gasteiger partial charge in [0, 0.05) is 0 Å². The number of nitrogen functional groups attached to an aromatic ring is 1. The van der Waals surface area contributed by atoms with E-state index in [0.29, 0.717) is 17.2 Å². The summed E-state index contributed by atoms with van der Waals surface area (Å²) in [6.07, 6.45) is 0.815. The first-order chi connectivity index (χ1) is 8.19. The first-order valence-electron chi connectivity index (χ1n) is 5.47. The minimum Gasteiger partial charge on any atom is -0.508 e. The molecular formula is C14H13NO2. The smallest absolute Gasteiger partial charge is 0.142 e. The number of phenols is 1. The zero-order chi connectivity index (χ0) is 12.0. The Morgan fingerprint density at radius 3 is 2.65 bits per heavy atom. The number of phenolic OH excluding ortho intramolecular Hbond substituents is 1. The summed E-state index contributed by atoms with van der Waals surface area (Å²) in [5, 5.41) is 9.48. The van der Waals surface area contributed by atoms with Crippen LogP contribution in [0.5, 0.6) is 11.5 Å². The number of benzene rings is 2. The molecule has 3 N–H and O–H groups in total. The summed E-state index contributed by atoms with van der Waals surface area (Å²) in [5.74, 6) is 1.01. The summed E-state index contributed by atoms with van der Waals surface area (Å²) >= 11 is 0. The zero-order valence-electron chi connectivity index (χ0n) is 9.53. The quantitative estimate of drug-likeness (QED) is 0.628. The molecule has 0 radical (unpaired) electrons. The molecule has 0 spiro atoms. The Bertz CT molecular complexity index is 605. The molecule has 0 atom stereocenters. The van der Waals surface area contributed by atoms with E-state index in [1.165, 1.54) is 5.56 Å². The van der Waals surface area contributed by atoms with E-state index in [2.05, 4.69) is 0 Å². The molecule has 0 bridgehead atoms. The molecule has 0 unspecified atom stereocenters. The zero-order valence-corrected chi connectivity index (χ0v) is 9.53. The van der Waals surface area contributed by atoms with Crippen LogP contribution in [0.25, 0.3) is 11.1 Å². The number of hydrogen-bond acceptors (Lipinski definition) is 3. The van der Waals surface area contributed by atoms with Gasteiger partial charge in [0.2, 0.25) is 0 Å². The van der Waals surface area contributed by atoms with Crippen molar-refractivity contribution in [2.45, 2.75) is 6.42 Å². The van der Waals surface area contributed by atoms with Crippen molar-refractivity contribution in [3.8, 4) is 22.6 Å². The monoisotopic (exact) mass is 227 g/mol. The fourth-order valence-electron chi connectivity index (χ4n) is 2.41. The predicted octanol–water partition coefficient (Wildman–Crippen LogP) is 2.55. The van der Waals surface area contributed by atoms with Crippen molar-refractivity contribution in [3.63, 3.8) is 0 Å². The van der Waals surface area contributed by atoms with Crippen molar-refractivity contribution in [1.82, 2.24) is 0 Å². The maximum Gasteiger partial charge on any atom is 0.142 e. The summed E-state index contributed by atoms with van der Waals surface area (Å²) in [5.41, 5.74) is 11.2. The van der Waals surface area contributed by atoms with Gasteiger partial charge < -0.3 is 15.6 Å². The van der Waals surface area contributed by atoms with Crippen LogP contribution in [0.4, 0.5) is 5.69 Å². The summed E-state index contributed by atoms with van der Waals surface area (Å²) in [7, 11) is 1.62. The minimum atomic E-state index is 0.302. The number of ether oxygens (including phenoxy) is 1. The van der Waals surface area contributed by atoms with Gasteiger partial charge in [-0.05, 0) is 52.9 Å². The van der Waals surface area contributed by atoms with Gasteiger partial charge in [-0.2, -0.15) is 0 Å². The lowest BCUT2D eigenvalue weighted by atomic mass is 10.0. The second-order valence-corrected chi connectivity index (χ2v) is 4.27. The highest BCUT2D eigenvalue weighted by molar-refractivity contribution is 5.81. The number of aromatic hydroxyl groups is 1. The van der Waals surface area contributed by atoms with Crippen molar-refractivity contribution in [2.24, 2.45) is 0 Å². The van der Waals surface area contributed by atoms with Crippen molar-refractivity contribution in [1.29, 1.82) is 0 Å². The highest BCUT2D eigenvalue weighted by atomic mass is 16.5. The van der Waals surface area contributed by atoms with Crippen LogP contribution in [0.3, 0.4) is 0 Å². The van der Waals surface area contributed by atoms with Gasteiger partial charge in [0.15, 0.2) is 0 Å². The molecule has 3 rings (SSSR count). The van der Waals surface area contributed by atoms with Crippen LogP contribution in [0.2, 0.25) is 0 Å². The maximum absolute atomic E-state index is 9.48. The molecule has 2 aromatic carbocycles. The Hall–Kier alpha value is -2.16. The molecule has 0 saturated carbocycles. The van der Waals surface area contributed by atoms with E-state index in [-0.39, 0.29) is 0 Å². The number of hydrogen-bond donors (Lipinski definition) is 2. The highest BCUT2D eigenvalue weighted by Gasteiger charge is 2.20. The van der Waals surface area contributed by atoms with Gasteiger partial charge in [0.1, 0.15) is 11.5 Å². The van der Waals surface area contributed by atoms with Crippen molar-refractivity contribution >= 4 is 5.69 Å². The lowest BCUT2D eigenvalue weighted by molar-refractivity contribution is 0.416. The van der Waals surface area contributed by atoms with E-state index < -0.39 is 0 Å². The van der Waals surface area contributed by atoms with Gasteiger partial charge in [0.25, 0.3) is 0 Å². The molecule has 17 heavy (non-hydrogen) atoms. The molecular weight excluding hydrogens is 214 g/mol. The van der Waals surface area contributed by atoms with E-state index >= 15 is 0 Å². The van der Waals surface area contributed by atoms with Crippen molar-refractivity contribution in [2.75, 3.05) is 12.8 Å². The third-order valence-corrected chi connectivity index (χ3v) is 3.22. The Labute approximate surface area is 99.5 Å². The van der Waals surface area contributed by atoms with Crippen molar-refractivity contribution < 1.29 is 9.84 Å². The van der Waals surface area contributed by atoms with Crippen LogP contribution in [-0.2, 0) is 6.42 Å². The van der Waals surface area contributed by atoms with E-state index in [4.69, 9.17) is 10.5 Å². The normalized spacial score (nSPS) is 12.1. The molecule has 2 aromatic rings. The van der Waals surface area contributed by atoms with Gasteiger partial charge in [-0.1, -0.05) is 6.07 Å². The topological polar surface area (TPSA) is 55.5 Å². The van der Waals surface area contributed by atoms with Crippen molar-refractivity contribution in [3.05, 3.63) is 41.5 Å². The number of nitrogens with two attached hydrogens (primary N) is 1. The van der Waals surface area contributed by atoms with Gasteiger partial charge >= 0.3 is 0 Å². The van der Waals surface area contributed by atoms with E-state index in [1.807, 2.05) is 18.2 Å². The van der Waals surface area contributed by atoms with E-state index in [9.17, 15) is 5.11 Å². The van der Waals surface area contributed by atoms with E-state index in [0.717, 1.165) is 23.1 Å². The molecule has 3 nitrogen and oxygen atoms in total. The SMILES string of the molecule is COc1cc2c(cc1N)-c1ccc(O)cc1C2. The molecule has 3 heteroatoms. The number of fused-ring (bicyclic) bond motifs is 3. The van der Waals surface area contributed by atoms with Gasteiger partial charge in [-0.25, -0.2) is 0 Å². The largest absolute Gasteiger partial charge is 0.508 e. The second kappa shape index (κ2) is 3.42. The van der Waals surface area contributed by atoms with Crippen LogP contribution in [0.15, 0.2) is 30.3 Å². The van der Waals surface area contributed by atoms with E-state index in [1.54, 1.807) is 19.2 Å². The molecule has 0 heterocycles. The molecule has 0 aromatic heterocycles. The molecule has 0 aliphatic heterocycles. The molecule has 1 aliphatic carbocycles. The summed E-state index contributed by atoms with van der Waals surface area (Å²) < 4.78 is 5.22. The molecule has 86 valence electrons. The molecule has 1 aliphatic rings. The summed E-state index contributed by atoms with van der Waals surface area (Å²) in [6, 6.07) is 9.35. The lowest BCUT2D eigenvalue weighted by Crippen LogP contribution is -1.94. The van der Waals surface area contributed by atoms with Crippen LogP contribution >= 0.6 is 0 Å². The van der Waals surface area contributed by atoms with Gasteiger partial charge in [0.05, 0.1) is 12.8 Å². The third kappa shape index (κ3) is 1.43. The molecule has 0 saturated heterocycles. The van der Waals surface area contributed by atoms with Crippen LogP contribution in [-0.4, -0.2) is 12.2 Å². The average Bonchev–Trinajstić information content (AvgIpc) is 2.64. The fourth-order valence-corrected chi connectivity index (χ4v) is 2.41. The average molecular weight is 227 g/mol. The fraction of sp³-hybridized carbons (Fsp3) is 0.143. The number of anilines is 1. The van der Waals surface area contributed by atoms with Gasteiger partial charge in [-0.15, -0.1) is 0 Å². The third-order valence-electron chi connectivity index (χ3n) is 3.22. The maximum atomic E-state index is 9.48. The minimum absolute atomic E-state index is 0.302. The van der Waals surface area contributed by atoms with Crippen LogP contribution in [0.1, 0.15) is 11.1 Å². The standard InChI is InChI=1S/C14H13NO2/c1-17-14-6-9-4-8-5-10(16)2-3-11(8)12(9)7-13(14)15/h2-3,5-7,16H,4,15H2,1H3. The second-order valence-electron chi connectivity index (χ2n) is 4.27. The lowest BCUT2D eigenvalue weighted by Gasteiger charge is -2.07. The highest BCUT2D eigenvalue weighted by Crippen LogP contribution is 2.41. The molecule has 0 fully saturated rings. The summed E-state index contributed by atoms with van der Waals surface area (Å²) in [4.78, 5) is 0. The summed E-state index contributed by atoms with van der Waals surface area (Å²) in [6.45, 7) is 0. The van der Waals surface area contributed by atoms with Crippen LogP contribution in [0, 0.1) is 0 Å². The Morgan fingerprint density at radius 2 is 1.88 bits per heavy atom. The first-order valence-corrected chi connectivity index (χ1v) is 5.47. The predicted molar refractivity (Wildman–Crippen MR) is 67.3 cm³/mol. The van der Waals surface area contributed by atoms with Gasteiger partial charge in [-0.3, -0.25) is 0 Å². The number of rotatable bonds is 1. The Morgan fingerprint density at radius 1 is 1.12 bits per heavy atom.